The fraction of sp³-hybridized carbons (Fsp3) is 0.308. The number of rotatable bonds is 3. The fourth-order valence-corrected chi connectivity index (χ4v) is 1.79. The number of aliphatic hydroxyl groups is 1. The molecule has 0 aromatic heterocycles. The van der Waals surface area contributed by atoms with E-state index in [-0.39, 0.29) is 6.61 Å². The van der Waals surface area contributed by atoms with Crippen LogP contribution in [-0.2, 0) is 6.18 Å². The Kier molecular flexibility index (Phi) is 3.90. The predicted octanol–water partition coefficient (Wildman–Crippen LogP) is 3.19. The lowest BCUT2D eigenvalue weighted by Gasteiger charge is -2.16. The van der Waals surface area contributed by atoms with Crippen molar-refractivity contribution in [2.75, 3.05) is 11.9 Å². The first-order valence-corrected chi connectivity index (χ1v) is 5.80. The highest BCUT2D eigenvalue weighted by molar-refractivity contribution is 5.64. The molecule has 1 aromatic carbocycles. The van der Waals surface area contributed by atoms with Gasteiger partial charge in [-0.3, -0.25) is 0 Å². The van der Waals surface area contributed by atoms with Crippen LogP contribution >= 0.6 is 0 Å². The Balaban J connectivity index is 2.24. The molecule has 0 saturated carbocycles. The number of halogens is 3. The van der Waals surface area contributed by atoms with Gasteiger partial charge in [0.2, 0.25) is 0 Å². The molecular weight excluding hydrogens is 257 g/mol. The number of aliphatic hydroxyl groups excluding tert-OH is 1. The van der Waals surface area contributed by atoms with Crippen LogP contribution in [0.1, 0.15) is 18.4 Å². The van der Waals surface area contributed by atoms with Gasteiger partial charge in [0.1, 0.15) is 5.82 Å². The van der Waals surface area contributed by atoms with Gasteiger partial charge in [-0.05, 0) is 36.6 Å². The van der Waals surface area contributed by atoms with E-state index in [2.05, 4.69) is 10.3 Å². The lowest BCUT2D eigenvalue weighted by Crippen LogP contribution is -2.10. The molecule has 2 rings (SSSR count). The molecule has 1 heterocycles. The summed E-state index contributed by atoms with van der Waals surface area (Å²) < 4.78 is 37.7. The van der Waals surface area contributed by atoms with E-state index < -0.39 is 11.7 Å². The van der Waals surface area contributed by atoms with Crippen LogP contribution in [-0.4, -0.2) is 17.9 Å². The van der Waals surface area contributed by atoms with Crippen molar-refractivity contribution in [3.63, 3.8) is 0 Å². The molecule has 1 aromatic rings. The molecule has 0 amide bonds. The first-order valence-electron chi connectivity index (χ1n) is 5.80. The summed E-state index contributed by atoms with van der Waals surface area (Å²) in [6.45, 7) is -0.154. The number of nitrogens with one attached hydrogen (secondary N) is 1. The van der Waals surface area contributed by atoms with Gasteiger partial charge in [0, 0.05) is 11.9 Å². The molecule has 0 unspecified atom stereocenters. The molecule has 0 radical (unpaired) electrons. The Bertz CT molecular complexity index is 521. The third-order valence-corrected chi connectivity index (χ3v) is 2.77. The van der Waals surface area contributed by atoms with Crippen LogP contribution in [0.5, 0.6) is 0 Å². The summed E-state index contributed by atoms with van der Waals surface area (Å²) in [4.78, 5) is 4.07. The third kappa shape index (κ3) is 3.35. The van der Waals surface area contributed by atoms with Gasteiger partial charge in [-0.1, -0.05) is 6.07 Å². The minimum Gasteiger partial charge on any atom is -0.392 e. The van der Waals surface area contributed by atoms with E-state index in [1.807, 2.05) is 0 Å². The van der Waals surface area contributed by atoms with Crippen LogP contribution in [0.25, 0.3) is 0 Å². The van der Waals surface area contributed by atoms with E-state index in [0.29, 0.717) is 23.5 Å². The van der Waals surface area contributed by atoms with Crippen molar-refractivity contribution in [2.45, 2.75) is 19.0 Å². The molecule has 6 heteroatoms. The second-order valence-corrected chi connectivity index (χ2v) is 4.16. The van der Waals surface area contributed by atoms with E-state index in [4.69, 9.17) is 0 Å². The highest BCUT2D eigenvalue weighted by Gasteiger charge is 2.30. The normalized spacial score (nSPS) is 15.8. The van der Waals surface area contributed by atoms with Gasteiger partial charge >= 0.3 is 6.18 Å². The Morgan fingerprint density at radius 3 is 2.79 bits per heavy atom. The number of hydrogen-bond acceptors (Lipinski definition) is 3. The number of alkyl halides is 3. The van der Waals surface area contributed by atoms with Gasteiger partial charge in [0.05, 0.1) is 12.2 Å². The number of benzene rings is 1. The van der Waals surface area contributed by atoms with Gasteiger partial charge in [0.25, 0.3) is 0 Å². The Labute approximate surface area is 108 Å². The summed E-state index contributed by atoms with van der Waals surface area (Å²) >= 11 is 0. The van der Waals surface area contributed by atoms with Crippen molar-refractivity contribution >= 4 is 11.9 Å². The van der Waals surface area contributed by atoms with Gasteiger partial charge < -0.3 is 10.4 Å². The lowest BCUT2D eigenvalue weighted by molar-refractivity contribution is -0.137. The van der Waals surface area contributed by atoms with Crippen LogP contribution in [0.2, 0.25) is 0 Å². The monoisotopic (exact) mass is 270 g/mol. The number of anilines is 1. The minimum atomic E-state index is -4.37. The highest BCUT2D eigenvalue weighted by Crippen LogP contribution is 2.31. The first kappa shape index (κ1) is 13.6. The molecule has 0 aliphatic carbocycles. The molecule has 3 nitrogen and oxygen atoms in total. The Hall–Kier alpha value is -1.82. The smallest absolute Gasteiger partial charge is 0.392 e. The third-order valence-electron chi connectivity index (χ3n) is 2.77. The highest BCUT2D eigenvalue weighted by atomic mass is 19.4. The second-order valence-electron chi connectivity index (χ2n) is 4.16. The van der Waals surface area contributed by atoms with Gasteiger partial charge in [0.15, 0.2) is 0 Å². The van der Waals surface area contributed by atoms with Crippen LogP contribution in [0, 0.1) is 0 Å². The number of nitrogens with zero attached hydrogens (tertiary/aromatic N) is 1. The summed E-state index contributed by atoms with van der Waals surface area (Å²) in [6.07, 6.45) is -1.32. The van der Waals surface area contributed by atoms with E-state index in [1.54, 1.807) is 6.21 Å². The van der Waals surface area contributed by atoms with Crippen LogP contribution in [0.4, 0.5) is 18.9 Å². The molecular formula is C13H13F3N2O. The van der Waals surface area contributed by atoms with Crippen molar-refractivity contribution in [3.8, 4) is 0 Å². The maximum Gasteiger partial charge on any atom is 0.416 e. The van der Waals surface area contributed by atoms with Gasteiger partial charge in [-0.15, -0.1) is 0 Å². The molecule has 1 aliphatic heterocycles. The van der Waals surface area contributed by atoms with Gasteiger partial charge in [-0.2, -0.15) is 13.2 Å². The van der Waals surface area contributed by atoms with Crippen molar-refractivity contribution in [1.82, 2.24) is 0 Å². The Morgan fingerprint density at radius 1 is 1.32 bits per heavy atom. The van der Waals surface area contributed by atoms with Crippen molar-refractivity contribution < 1.29 is 18.3 Å². The van der Waals surface area contributed by atoms with Crippen molar-refractivity contribution in [3.05, 3.63) is 41.2 Å². The first-order chi connectivity index (χ1) is 9.00. The maximum atomic E-state index is 12.6. The van der Waals surface area contributed by atoms with Crippen molar-refractivity contribution in [2.24, 2.45) is 4.99 Å². The summed E-state index contributed by atoms with van der Waals surface area (Å²) in [6, 6.07) is 4.89. The molecule has 0 atom stereocenters. The van der Waals surface area contributed by atoms with Gasteiger partial charge in [-0.25, -0.2) is 4.99 Å². The van der Waals surface area contributed by atoms with E-state index in [1.165, 1.54) is 12.1 Å². The molecule has 0 spiro atoms. The molecule has 0 saturated heterocycles. The zero-order chi connectivity index (χ0) is 13.9. The second kappa shape index (κ2) is 5.44. The Morgan fingerprint density at radius 2 is 2.11 bits per heavy atom. The molecule has 19 heavy (non-hydrogen) atoms. The SMILES string of the molecule is OCC1=C(Nc2cccc(C(F)(F)F)c2)N=CCC1. The predicted molar refractivity (Wildman–Crippen MR) is 66.9 cm³/mol. The fourth-order valence-electron chi connectivity index (χ4n) is 1.79. The average Bonchev–Trinajstić information content (AvgIpc) is 2.39. The zero-order valence-corrected chi connectivity index (χ0v) is 10.0. The maximum absolute atomic E-state index is 12.6. The summed E-state index contributed by atoms with van der Waals surface area (Å²) in [5.74, 6) is 0.424. The van der Waals surface area contributed by atoms with Crippen molar-refractivity contribution in [1.29, 1.82) is 0 Å². The zero-order valence-electron chi connectivity index (χ0n) is 10.0. The van der Waals surface area contributed by atoms with E-state index >= 15 is 0 Å². The summed E-state index contributed by atoms with van der Waals surface area (Å²) in [5, 5.41) is 12.0. The minimum absolute atomic E-state index is 0.154. The largest absolute Gasteiger partial charge is 0.416 e. The molecule has 0 fully saturated rings. The number of hydrogen-bond donors (Lipinski definition) is 2. The number of aliphatic imine (C=N–C) groups is 1. The molecule has 102 valence electrons. The molecule has 2 N–H and O–H groups in total. The standard InChI is InChI=1S/C13H13F3N2O/c14-13(15,16)10-4-1-5-11(7-10)18-12-9(8-19)3-2-6-17-12/h1,4-7,18-19H,2-3,8H2. The molecule has 1 aliphatic rings. The summed E-state index contributed by atoms with van der Waals surface area (Å²) in [7, 11) is 0. The van der Waals surface area contributed by atoms with E-state index in [0.717, 1.165) is 18.6 Å². The topological polar surface area (TPSA) is 44.6 Å². The average molecular weight is 270 g/mol. The molecule has 0 bridgehead atoms. The lowest BCUT2D eigenvalue weighted by atomic mass is 10.1. The van der Waals surface area contributed by atoms with Crippen LogP contribution in [0.15, 0.2) is 40.7 Å². The van der Waals surface area contributed by atoms with E-state index in [9.17, 15) is 18.3 Å². The van der Waals surface area contributed by atoms with Crippen LogP contribution < -0.4 is 5.32 Å². The quantitative estimate of drug-likeness (QED) is 0.886. The summed E-state index contributed by atoms with van der Waals surface area (Å²) in [5.41, 5.74) is 0.276. The van der Waals surface area contributed by atoms with Crippen LogP contribution in [0.3, 0.4) is 0 Å².